The van der Waals surface area contributed by atoms with Crippen LogP contribution in [-0.4, -0.2) is 12.5 Å². The smallest absolute Gasteiger partial charge is 0.0713 e. The van der Waals surface area contributed by atoms with Crippen LogP contribution in [0.15, 0.2) is 0 Å². The number of alkyl halides is 1. The van der Waals surface area contributed by atoms with Crippen LogP contribution in [0, 0.1) is 5.92 Å². The standard InChI is InChI=1S/C7H14ClN/c8-6-9-5-7-3-1-2-4-7/h7,9H,1-6H2. The molecular weight excluding hydrogens is 134 g/mol. The zero-order valence-corrected chi connectivity index (χ0v) is 6.45. The van der Waals surface area contributed by atoms with Gasteiger partial charge >= 0.3 is 0 Å². The lowest BCUT2D eigenvalue weighted by Crippen LogP contribution is -2.19. The summed E-state index contributed by atoms with van der Waals surface area (Å²) in [4.78, 5) is 0. The molecular formula is C7H14ClN. The third-order valence-corrected chi connectivity index (χ3v) is 2.19. The van der Waals surface area contributed by atoms with Gasteiger partial charge in [0.1, 0.15) is 0 Å². The Morgan fingerprint density at radius 1 is 1.33 bits per heavy atom. The Labute approximate surface area is 61.8 Å². The van der Waals surface area contributed by atoms with Crippen molar-refractivity contribution in [1.29, 1.82) is 0 Å². The van der Waals surface area contributed by atoms with Crippen molar-refractivity contribution < 1.29 is 0 Å². The maximum Gasteiger partial charge on any atom is 0.0713 e. The molecule has 1 saturated carbocycles. The van der Waals surface area contributed by atoms with E-state index in [4.69, 9.17) is 11.6 Å². The molecule has 0 radical (unpaired) electrons. The van der Waals surface area contributed by atoms with Crippen LogP contribution < -0.4 is 5.32 Å². The van der Waals surface area contributed by atoms with E-state index in [1.54, 1.807) is 0 Å². The molecule has 0 bridgehead atoms. The lowest BCUT2D eigenvalue weighted by atomic mass is 10.1. The van der Waals surface area contributed by atoms with Crippen LogP contribution in [-0.2, 0) is 0 Å². The molecule has 0 atom stereocenters. The van der Waals surface area contributed by atoms with Gasteiger partial charge in [0, 0.05) is 0 Å². The van der Waals surface area contributed by atoms with Crippen molar-refractivity contribution in [3.05, 3.63) is 0 Å². The lowest BCUT2D eigenvalue weighted by Gasteiger charge is -2.06. The van der Waals surface area contributed by atoms with Crippen LogP contribution in [0.5, 0.6) is 0 Å². The molecule has 0 aromatic rings. The average Bonchev–Trinajstić information content (AvgIpc) is 2.34. The molecule has 0 saturated heterocycles. The van der Waals surface area contributed by atoms with Crippen molar-refractivity contribution in [1.82, 2.24) is 5.32 Å². The molecule has 0 heterocycles. The highest BCUT2D eigenvalue weighted by Crippen LogP contribution is 2.23. The summed E-state index contributed by atoms with van der Waals surface area (Å²) in [6.07, 6.45) is 5.66. The first-order valence-corrected chi connectivity index (χ1v) is 4.23. The summed E-state index contributed by atoms with van der Waals surface area (Å²) in [5, 5.41) is 3.16. The summed E-state index contributed by atoms with van der Waals surface area (Å²) < 4.78 is 0. The van der Waals surface area contributed by atoms with E-state index < -0.39 is 0 Å². The summed E-state index contributed by atoms with van der Waals surface area (Å²) in [5.74, 6) is 0.920. The predicted octanol–water partition coefficient (Wildman–Crippen LogP) is 1.96. The summed E-state index contributed by atoms with van der Waals surface area (Å²) in [6, 6.07) is 0.608. The second-order valence-corrected chi connectivity index (χ2v) is 3.01. The van der Waals surface area contributed by atoms with E-state index in [9.17, 15) is 0 Å². The number of hydrogen-bond acceptors (Lipinski definition) is 1. The Hall–Kier alpha value is 0.250. The topological polar surface area (TPSA) is 12.0 Å². The van der Waals surface area contributed by atoms with Gasteiger partial charge in [0.05, 0.1) is 6.00 Å². The first kappa shape index (κ1) is 7.36. The maximum atomic E-state index is 5.47. The first-order chi connectivity index (χ1) is 4.43. The largest absolute Gasteiger partial charge is 0.304 e. The third-order valence-electron chi connectivity index (χ3n) is 2.00. The third kappa shape index (κ3) is 2.55. The predicted molar refractivity (Wildman–Crippen MR) is 40.7 cm³/mol. The zero-order valence-electron chi connectivity index (χ0n) is 5.70. The van der Waals surface area contributed by atoms with Crippen LogP contribution in [0.1, 0.15) is 25.7 Å². The maximum absolute atomic E-state index is 5.47. The summed E-state index contributed by atoms with van der Waals surface area (Å²) >= 11 is 5.47. The van der Waals surface area contributed by atoms with Crippen LogP contribution in [0.25, 0.3) is 0 Å². The number of hydrogen-bond donors (Lipinski definition) is 1. The van der Waals surface area contributed by atoms with E-state index in [0.717, 1.165) is 12.5 Å². The van der Waals surface area contributed by atoms with E-state index in [1.165, 1.54) is 25.7 Å². The van der Waals surface area contributed by atoms with Gasteiger partial charge in [0.15, 0.2) is 0 Å². The van der Waals surface area contributed by atoms with E-state index in [1.807, 2.05) is 0 Å². The second kappa shape index (κ2) is 4.13. The summed E-state index contributed by atoms with van der Waals surface area (Å²) in [7, 11) is 0. The molecule has 2 heteroatoms. The minimum atomic E-state index is 0.608. The van der Waals surface area contributed by atoms with Gasteiger partial charge in [-0.1, -0.05) is 12.8 Å². The molecule has 1 N–H and O–H groups in total. The van der Waals surface area contributed by atoms with E-state index in [0.29, 0.717) is 6.00 Å². The normalized spacial score (nSPS) is 21.0. The van der Waals surface area contributed by atoms with E-state index >= 15 is 0 Å². The molecule has 1 aliphatic carbocycles. The molecule has 0 unspecified atom stereocenters. The molecule has 9 heavy (non-hydrogen) atoms. The molecule has 54 valence electrons. The SMILES string of the molecule is ClCNCC1CCCC1. The van der Waals surface area contributed by atoms with Crippen LogP contribution >= 0.6 is 11.6 Å². The van der Waals surface area contributed by atoms with Crippen molar-refractivity contribution in [2.24, 2.45) is 5.92 Å². The Kier molecular flexibility index (Phi) is 3.37. The molecule has 0 aromatic carbocycles. The van der Waals surface area contributed by atoms with Crippen molar-refractivity contribution in [2.75, 3.05) is 12.5 Å². The quantitative estimate of drug-likeness (QED) is 0.476. The second-order valence-electron chi connectivity index (χ2n) is 2.74. The van der Waals surface area contributed by atoms with Crippen LogP contribution in [0.3, 0.4) is 0 Å². The van der Waals surface area contributed by atoms with Gasteiger partial charge in [0.25, 0.3) is 0 Å². The van der Waals surface area contributed by atoms with Gasteiger partial charge in [-0.2, -0.15) is 0 Å². The highest BCUT2D eigenvalue weighted by Gasteiger charge is 2.13. The van der Waals surface area contributed by atoms with Crippen molar-refractivity contribution in [2.45, 2.75) is 25.7 Å². The zero-order chi connectivity index (χ0) is 6.53. The molecule has 1 nitrogen and oxygen atoms in total. The fraction of sp³-hybridized carbons (Fsp3) is 1.00. The monoisotopic (exact) mass is 147 g/mol. The van der Waals surface area contributed by atoms with Crippen LogP contribution in [0.2, 0.25) is 0 Å². The minimum Gasteiger partial charge on any atom is -0.304 e. The number of halogens is 1. The molecule has 0 spiro atoms. The van der Waals surface area contributed by atoms with Crippen molar-refractivity contribution >= 4 is 11.6 Å². The molecule has 0 amide bonds. The fourth-order valence-corrected chi connectivity index (χ4v) is 1.58. The summed E-state index contributed by atoms with van der Waals surface area (Å²) in [6.45, 7) is 1.13. The summed E-state index contributed by atoms with van der Waals surface area (Å²) in [5.41, 5.74) is 0. The molecule has 0 aliphatic heterocycles. The van der Waals surface area contributed by atoms with Crippen molar-refractivity contribution in [3.63, 3.8) is 0 Å². The molecule has 1 aliphatic rings. The Morgan fingerprint density at radius 2 is 2.00 bits per heavy atom. The Morgan fingerprint density at radius 3 is 2.56 bits per heavy atom. The molecule has 1 rings (SSSR count). The van der Waals surface area contributed by atoms with Gasteiger partial charge in [0.2, 0.25) is 0 Å². The highest BCUT2D eigenvalue weighted by molar-refractivity contribution is 6.17. The molecule has 1 fully saturated rings. The average molecular weight is 148 g/mol. The van der Waals surface area contributed by atoms with E-state index in [-0.39, 0.29) is 0 Å². The molecule has 0 aromatic heterocycles. The van der Waals surface area contributed by atoms with Gasteiger partial charge in [-0.05, 0) is 25.3 Å². The van der Waals surface area contributed by atoms with E-state index in [2.05, 4.69) is 5.32 Å². The highest BCUT2D eigenvalue weighted by atomic mass is 35.5. The first-order valence-electron chi connectivity index (χ1n) is 3.70. The number of nitrogens with one attached hydrogen (secondary N) is 1. The van der Waals surface area contributed by atoms with Gasteiger partial charge in [-0.25, -0.2) is 0 Å². The van der Waals surface area contributed by atoms with Gasteiger partial charge in [-0.3, -0.25) is 0 Å². The van der Waals surface area contributed by atoms with Crippen molar-refractivity contribution in [3.8, 4) is 0 Å². The number of rotatable bonds is 3. The van der Waals surface area contributed by atoms with Gasteiger partial charge < -0.3 is 5.32 Å². The fourth-order valence-electron chi connectivity index (χ4n) is 1.47. The minimum absolute atomic E-state index is 0.608. The Bertz CT molecular complexity index is 69.3. The van der Waals surface area contributed by atoms with Gasteiger partial charge in [-0.15, -0.1) is 11.6 Å². The Balaban J connectivity index is 1.98. The van der Waals surface area contributed by atoms with Crippen LogP contribution in [0.4, 0.5) is 0 Å². The lowest BCUT2D eigenvalue weighted by molar-refractivity contribution is 0.511.